The molecule has 6 heteroatoms. The van der Waals surface area contributed by atoms with Crippen molar-refractivity contribution in [2.75, 3.05) is 19.7 Å². The number of carbonyl (C=O) groups is 2. The number of carbonyl (C=O) groups excluding carboxylic acids is 2. The molecule has 1 aliphatic heterocycles. The van der Waals surface area contributed by atoms with Gasteiger partial charge in [-0.2, -0.15) is 0 Å². The molecule has 0 aromatic heterocycles. The molecule has 0 spiro atoms. The summed E-state index contributed by atoms with van der Waals surface area (Å²) in [7, 11) is 0. The minimum atomic E-state index is -0.258. The van der Waals surface area contributed by atoms with Gasteiger partial charge in [-0.1, -0.05) is 0 Å². The Hall–Kier alpha value is -1.56. The molecule has 1 heterocycles. The number of likely N-dealkylation sites (tertiary alicyclic amines) is 1. The molecule has 1 aromatic rings. The van der Waals surface area contributed by atoms with Crippen molar-refractivity contribution >= 4 is 27.8 Å². The summed E-state index contributed by atoms with van der Waals surface area (Å²) >= 11 is 3.18. The van der Waals surface area contributed by atoms with Crippen LogP contribution in [0.5, 0.6) is 5.75 Å². The molecule has 1 saturated heterocycles. The Balaban J connectivity index is 2.08. The molecule has 21 heavy (non-hydrogen) atoms. The van der Waals surface area contributed by atoms with Gasteiger partial charge in [0.1, 0.15) is 5.75 Å². The summed E-state index contributed by atoms with van der Waals surface area (Å²) in [5.74, 6) is -0.646. The largest absolute Gasteiger partial charge is 0.507 e. The zero-order valence-electron chi connectivity index (χ0n) is 11.8. The van der Waals surface area contributed by atoms with Gasteiger partial charge < -0.3 is 14.7 Å². The van der Waals surface area contributed by atoms with Crippen molar-refractivity contribution in [3.05, 3.63) is 28.2 Å². The van der Waals surface area contributed by atoms with E-state index >= 15 is 0 Å². The number of halogens is 1. The van der Waals surface area contributed by atoms with E-state index in [1.54, 1.807) is 24.0 Å². The van der Waals surface area contributed by atoms with Gasteiger partial charge >= 0.3 is 5.97 Å². The highest BCUT2D eigenvalue weighted by atomic mass is 79.9. The molecule has 0 aliphatic carbocycles. The second-order valence-electron chi connectivity index (χ2n) is 5.01. The van der Waals surface area contributed by atoms with Crippen molar-refractivity contribution in [1.82, 2.24) is 4.90 Å². The first kappa shape index (κ1) is 15.8. The molecule has 1 aromatic carbocycles. The topological polar surface area (TPSA) is 66.8 Å². The lowest BCUT2D eigenvalue weighted by Crippen LogP contribution is -2.42. The average molecular weight is 356 g/mol. The zero-order chi connectivity index (χ0) is 15.4. The lowest BCUT2D eigenvalue weighted by molar-refractivity contribution is -0.149. The molecule has 114 valence electrons. The number of hydrogen-bond donors (Lipinski definition) is 1. The molecule has 2 rings (SSSR count). The molecular formula is C15H18BrNO4. The third kappa shape index (κ3) is 3.75. The average Bonchev–Trinajstić information content (AvgIpc) is 2.49. The number of esters is 1. The number of hydrogen-bond acceptors (Lipinski definition) is 4. The number of benzene rings is 1. The van der Waals surface area contributed by atoms with Gasteiger partial charge in [0, 0.05) is 18.7 Å². The van der Waals surface area contributed by atoms with E-state index in [4.69, 9.17) is 4.74 Å². The zero-order valence-corrected chi connectivity index (χ0v) is 13.4. The molecule has 5 nitrogen and oxygen atoms in total. The Morgan fingerprint density at radius 3 is 2.90 bits per heavy atom. The van der Waals surface area contributed by atoms with Gasteiger partial charge in [-0.3, -0.25) is 9.59 Å². The maximum atomic E-state index is 12.4. The van der Waals surface area contributed by atoms with Crippen LogP contribution >= 0.6 is 15.9 Å². The number of ether oxygens (including phenoxy) is 1. The van der Waals surface area contributed by atoms with Crippen molar-refractivity contribution in [1.29, 1.82) is 0 Å². The van der Waals surface area contributed by atoms with Crippen LogP contribution in [-0.2, 0) is 9.53 Å². The third-order valence-corrected chi connectivity index (χ3v) is 4.19. The molecule has 1 unspecified atom stereocenters. The Morgan fingerprint density at radius 1 is 1.48 bits per heavy atom. The quantitative estimate of drug-likeness (QED) is 0.846. The third-order valence-electron chi connectivity index (χ3n) is 3.52. The molecular weight excluding hydrogens is 338 g/mol. The van der Waals surface area contributed by atoms with Crippen LogP contribution in [0.3, 0.4) is 0 Å². The highest BCUT2D eigenvalue weighted by molar-refractivity contribution is 9.10. The molecule has 1 aliphatic rings. The van der Waals surface area contributed by atoms with Crippen LogP contribution in [0.25, 0.3) is 0 Å². The first-order valence-electron chi connectivity index (χ1n) is 6.97. The highest BCUT2D eigenvalue weighted by Gasteiger charge is 2.29. The SMILES string of the molecule is CCOC(=O)C1CCCN(C(=O)c2ccc(Br)c(O)c2)C1. The summed E-state index contributed by atoms with van der Waals surface area (Å²) in [5, 5.41) is 9.67. The van der Waals surface area contributed by atoms with Crippen LogP contribution in [0.15, 0.2) is 22.7 Å². The van der Waals surface area contributed by atoms with E-state index in [9.17, 15) is 14.7 Å². The summed E-state index contributed by atoms with van der Waals surface area (Å²) in [6.45, 7) is 3.11. The standard InChI is InChI=1S/C15H18BrNO4/c1-2-21-15(20)11-4-3-7-17(9-11)14(19)10-5-6-12(16)13(18)8-10/h5-6,8,11,18H,2-4,7,9H2,1H3. The fourth-order valence-corrected chi connectivity index (χ4v) is 2.69. The van der Waals surface area contributed by atoms with Gasteiger partial charge in [-0.05, 0) is 53.9 Å². The molecule has 1 amide bonds. The molecule has 0 saturated carbocycles. The maximum Gasteiger partial charge on any atom is 0.310 e. The number of phenolic OH excluding ortho intramolecular Hbond substituents is 1. The summed E-state index contributed by atoms with van der Waals surface area (Å²) in [5.41, 5.74) is 0.417. The van der Waals surface area contributed by atoms with Gasteiger partial charge in [0.15, 0.2) is 0 Å². The number of piperidine rings is 1. The van der Waals surface area contributed by atoms with Crippen LogP contribution in [0.2, 0.25) is 0 Å². The Bertz CT molecular complexity index is 546. The lowest BCUT2D eigenvalue weighted by Gasteiger charge is -2.31. The van der Waals surface area contributed by atoms with Gasteiger partial charge in [-0.15, -0.1) is 0 Å². The first-order valence-corrected chi connectivity index (χ1v) is 7.76. The number of amides is 1. The van der Waals surface area contributed by atoms with Gasteiger partial charge in [0.2, 0.25) is 0 Å². The normalized spacial score (nSPS) is 18.4. The van der Waals surface area contributed by atoms with Crippen LogP contribution in [-0.4, -0.2) is 41.6 Å². The summed E-state index contributed by atoms with van der Waals surface area (Å²) in [6, 6.07) is 4.72. The van der Waals surface area contributed by atoms with Crippen LogP contribution in [0, 0.1) is 5.92 Å². The summed E-state index contributed by atoms with van der Waals surface area (Å²) < 4.78 is 5.57. The molecule has 0 bridgehead atoms. The van der Waals surface area contributed by atoms with Gasteiger partial charge in [0.05, 0.1) is 17.0 Å². The molecule has 1 atom stereocenters. The molecule has 1 N–H and O–H groups in total. The van der Waals surface area contributed by atoms with E-state index in [1.165, 1.54) is 6.07 Å². The molecule has 1 fully saturated rings. The molecule has 0 radical (unpaired) electrons. The second kappa shape index (κ2) is 6.93. The fourth-order valence-electron chi connectivity index (χ4n) is 2.44. The highest BCUT2D eigenvalue weighted by Crippen LogP contribution is 2.26. The van der Waals surface area contributed by atoms with Crippen LogP contribution < -0.4 is 0 Å². The minimum Gasteiger partial charge on any atom is -0.507 e. The van der Waals surface area contributed by atoms with E-state index in [-0.39, 0.29) is 23.5 Å². The number of phenols is 1. The second-order valence-corrected chi connectivity index (χ2v) is 5.86. The fraction of sp³-hybridized carbons (Fsp3) is 0.467. The Kier molecular flexibility index (Phi) is 5.22. The van der Waals surface area contributed by atoms with E-state index in [0.29, 0.717) is 29.7 Å². The van der Waals surface area contributed by atoms with E-state index < -0.39 is 0 Å². The van der Waals surface area contributed by atoms with E-state index in [2.05, 4.69) is 15.9 Å². The van der Waals surface area contributed by atoms with Gasteiger partial charge in [-0.25, -0.2) is 0 Å². The van der Waals surface area contributed by atoms with E-state index in [1.807, 2.05) is 0 Å². The minimum absolute atomic E-state index is 0.0276. The van der Waals surface area contributed by atoms with E-state index in [0.717, 1.165) is 12.8 Å². The Labute approximate surface area is 132 Å². The smallest absolute Gasteiger partial charge is 0.310 e. The lowest BCUT2D eigenvalue weighted by atomic mass is 9.97. The van der Waals surface area contributed by atoms with Crippen molar-refractivity contribution in [3.63, 3.8) is 0 Å². The maximum absolute atomic E-state index is 12.4. The summed E-state index contributed by atoms with van der Waals surface area (Å²) in [6.07, 6.45) is 1.52. The number of aromatic hydroxyl groups is 1. The van der Waals surface area contributed by atoms with Crippen LogP contribution in [0.4, 0.5) is 0 Å². The number of rotatable bonds is 3. The van der Waals surface area contributed by atoms with Crippen molar-refractivity contribution in [2.45, 2.75) is 19.8 Å². The summed E-state index contributed by atoms with van der Waals surface area (Å²) in [4.78, 5) is 25.9. The van der Waals surface area contributed by atoms with Crippen molar-refractivity contribution in [3.8, 4) is 5.75 Å². The predicted molar refractivity (Wildman–Crippen MR) is 81.1 cm³/mol. The monoisotopic (exact) mass is 355 g/mol. The van der Waals surface area contributed by atoms with Crippen molar-refractivity contribution in [2.24, 2.45) is 5.92 Å². The first-order chi connectivity index (χ1) is 10.0. The van der Waals surface area contributed by atoms with Gasteiger partial charge in [0.25, 0.3) is 5.91 Å². The van der Waals surface area contributed by atoms with Crippen LogP contribution in [0.1, 0.15) is 30.1 Å². The number of nitrogens with zero attached hydrogens (tertiary/aromatic N) is 1. The van der Waals surface area contributed by atoms with Crippen molar-refractivity contribution < 1.29 is 19.4 Å². The Morgan fingerprint density at radius 2 is 2.24 bits per heavy atom. The predicted octanol–water partition coefficient (Wildman–Crippen LogP) is 2.57.